The predicted octanol–water partition coefficient (Wildman–Crippen LogP) is 5.19. The van der Waals surface area contributed by atoms with Gasteiger partial charge in [0.2, 0.25) is 0 Å². The van der Waals surface area contributed by atoms with E-state index in [9.17, 15) is 14.7 Å². The van der Waals surface area contributed by atoms with Crippen molar-refractivity contribution in [2.24, 2.45) is 0 Å². The maximum atomic E-state index is 13.3. The standard InChI is InChI=1S/C25H22ClNO6/c1-13-7-5-8-17(14(13)2)27-22(18-9-6-10-33-18)21(24(29)25(27)30)23(28)15-11-20(32-4)16(26)12-19(15)31-3/h5-12,22,28H,1-4H3/b23-21+. The molecule has 0 aliphatic carbocycles. The molecule has 1 aliphatic heterocycles. The van der Waals surface area contributed by atoms with E-state index in [4.69, 9.17) is 25.5 Å². The number of carbonyl (C=O) groups excluding carboxylic acids is 2. The van der Waals surface area contributed by atoms with Gasteiger partial charge in [-0.2, -0.15) is 0 Å². The number of rotatable bonds is 5. The molecular weight excluding hydrogens is 446 g/mol. The maximum absolute atomic E-state index is 13.3. The molecule has 33 heavy (non-hydrogen) atoms. The first-order valence-corrected chi connectivity index (χ1v) is 10.5. The number of carbonyl (C=O) groups is 2. The first kappa shape index (κ1) is 22.5. The van der Waals surface area contributed by atoms with Gasteiger partial charge < -0.3 is 19.0 Å². The third-order valence-electron chi connectivity index (χ3n) is 5.82. The Hall–Kier alpha value is -3.71. The van der Waals surface area contributed by atoms with Crippen LogP contribution in [0, 0.1) is 13.8 Å². The largest absolute Gasteiger partial charge is 0.507 e. The Kier molecular flexibility index (Phi) is 5.91. The molecule has 0 radical (unpaired) electrons. The van der Waals surface area contributed by atoms with Crippen LogP contribution in [-0.2, 0) is 9.59 Å². The summed E-state index contributed by atoms with van der Waals surface area (Å²) in [7, 11) is 2.84. The van der Waals surface area contributed by atoms with Gasteiger partial charge in [0.25, 0.3) is 11.7 Å². The Morgan fingerprint density at radius 1 is 1.06 bits per heavy atom. The van der Waals surface area contributed by atoms with Crippen LogP contribution >= 0.6 is 11.6 Å². The van der Waals surface area contributed by atoms with E-state index in [2.05, 4.69) is 0 Å². The van der Waals surface area contributed by atoms with E-state index in [0.717, 1.165) is 11.1 Å². The minimum absolute atomic E-state index is 0.126. The van der Waals surface area contributed by atoms with Gasteiger partial charge in [0.15, 0.2) is 0 Å². The van der Waals surface area contributed by atoms with Gasteiger partial charge >= 0.3 is 0 Å². The van der Waals surface area contributed by atoms with Crippen molar-refractivity contribution in [2.45, 2.75) is 19.9 Å². The van der Waals surface area contributed by atoms with Crippen LogP contribution < -0.4 is 14.4 Å². The zero-order chi connectivity index (χ0) is 23.9. The lowest BCUT2D eigenvalue weighted by Gasteiger charge is -2.25. The highest BCUT2D eigenvalue weighted by molar-refractivity contribution is 6.51. The van der Waals surface area contributed by atoms with Crippen molar-refractivity contribution in [3.8, 4) is 11.5 Å². The van der Waals surface area contributed by atoms with Crippen LogP contribution in [0.2, 0.25) is 5.02 Å². The Bertz CT molecular complexity index is 1280. The lowest BCUT2D eigenvalue weighted by Crippen LogP contribution is -2.30. The summed E-state index contributed by atoms with van der Waals surface area (Å²) in [5.41, 5.74) is 2.38. The molecule has 1 unspecified atom stereocenters. The fourth-order valence-electron chi connectivity index (χ4n) is 3.98. The lowest BCUT2D eigenvalue weighted by atomic mass is 9.98. The van der Waals surface area contributed by atoms with Crippen molar-refractivity contribution in [2.75, 3.05) is 19.1 Å². The fraction of sp³-hybridized carbons (Fsp3) is 0.200. The molecule has 0 saturated carbocycles. The minimum Gasteiger partial charge on any atom is -0.507 e. The van der Waals surface area contributed by atoms with Crippen LogP contribution in [0.3, 0.4) is 0 Å². The second-order valence-electron chi connectivity index (χ2n) is 7.59. The molecule has 3 aromatic rings. The van der Waals surface area contributed by atoms with E-state index in [-0.39, 0.29) is 27.7 Å². The molecule has 1 N–H and O–H groups in total. The monoisotopic (exact) mass is 467 g/mol. The van der Waals surface area contributed by atoms with E-state index in [0.29, 0.717) is 11.4 Å². The van der Waals surface area contributed by atoms with Gasteiger partial charge in [-0.25, -0.2) is 0 Å². The third kappa shape index (κ3) is 3.64. The average Bonchev–Trinajstić information content (AvgIpc) is 3.42. The van der Waals surface area contributed by atoms with Gasteiger partial charge in [0, 0.05) is 11.8 Å². The highest BCUT2D eigenvalue weighted by atomic mass is 35.5. The summed E-state index contributed by atoms with van der Waals surface area (Å²) in [5, 5.41) is 11.6. The van der Waals surface area contributed by atoms with Crippen molar-refractivity contribution >= 4 is 34.7 Å². The Balaban J connectivity index is 2.00. The van der Waals surface area contributed by atoms with Crippen LogP contribution in [0.5, 0.6) is 11.5 Å². The van der Waals surface area contributed by atoms with E-state index < -0.39 is 23.5 Å². The number of methoxy groups -OCH3 is 2. The van der Waals surface area contributed by atoms with Crippen molar-refractivity contribution < 1.29 is 28.6 Å². The number of hydrogen-bond donors (Lipinski definition) is 1. The first-order chi connectivity index (χ1) is 15.8. The Labute approximate surface area is 195 Å². The summed E-state index contributed by atoms with van der Waals surface area (Å²) in [4.78, 5) is 27.9. The molecule has 2 aromatic carbocycles. The Morgan fingerprint density at radius 3 is 2.42 bits per heavy atom. The lowest BCUT2D eigenvalue weighted by molar-refractivity contribution is -0.132. The molecule has 4 rings (SSSR count). The number of Topliss-reactive ketones (excluding diaryl/α,β-unsaturated/α-hetero) is 1. The number of aliphatic hydroxyl groups excluding tert-OH is 1. The molecule has 1 fully saturated rings. The summed E-state index contributed by atoms with van der Waals surface area (Å²) in [6, 6.07) is 10.7. The van der Waals surface area contributed by atoms with Crippen molar-refractivity contribution in [3.05, 3.63) is 81.8 Å². The summed E-state index contributed by atoms with van der Waals surface area (Å²) >= 11 is 6.19. The van der Waals surface area contributed by atoms with Gasteiger partial charge in [-0.15, -0.1) is 0 Å². The number of benzene rings is 2. The minimum atomic E-state index is -0.980. The zero-order valence-corrected chi connectivity index (χ0v) is 19.3. The molecule has 1 amide bonds. The van der Waals surface area contributed by atoms with Gasteiger partial charge in [0.1, 0.15) is 29.1 Å². The van der Waals surface area contributed by atoms with E-state index >= 15 is 0 Å². The zero-order valence-electron chi connectivity index (χ0n) is 18.5. The number of aryl methyl sites for hydroxylation is 1. The first-order valence-electron chi connectivity index (χ1n) is 10.1. The molecule has 1 atom stereocenters. The van der Waals surface area contributed by atoms with Gasteiger partial charge in [0.05, 0.1) is 36.6 Å². The van der Waals surface area contributed by atoms with Crippen LogP contribution in [0.25, 0.3) is 5.76 Å². The van der Waals surface area contributed by atoms with E-state index in [1.54, 1.807) is 18.2 Å². The van der Waals surface area contributed by atoms with Crippen molar-refractivity contribution in [3.63, 3.8) is 0 Å². The summed E-state index contributed by atoms with van der Waals surface area (Å²) in [6.07, 6.45) is 1.45. The number of ether oxygens (including phenoxy) is 2. The van der Waals surface area contributed by atoms with Crippen molar-refractivity contribution in [1.82, 2.24) is 0 Å². The molecule has 1 aromatic heterocycles. The molecular formula is C25H22ClNO6. The van der Waals surface area contributed by atoms with Gasteiger partial charge in [-0.05, 0) is 49.2 Å². The number of furan rings is 1. The topological polar surface area (TPSA) is 89.2 Å². The number of ketones is 1. The highest BCUT2D eigenvalue weighted by Crippen LogP contribution is 2.45. The van der Waals surface area contributed by atoms with Crippen LogP contribution in [0.15, 0.2) is 58.7 Å². The van der Waals surface area contributed by atoms with Gasteiger partial charge in [-0.1, -0.05) is 23.7 Å². The number of aliphatic hydroxyl groups is 1. The Morgan fingerprint density at radius 2 is 1.79 bits per heavy atom. The molecule has 1 saturated heterocycles. The SMILES string of the molecule is COc1cc(/C(O)=C2\C(=O)C(=O)N(c3cccc(C)c3C)C2c2ccco2)c(OC)cc1Cl. The second-order valence-corrected chi connectivity index (χ2v) is 8.00. The average molecular weight is 468 g/mol. The van der Waals surface area contributed by atoms with Gasteiger partial charge in [-0.3, -0.25) is 14.5 Å². The fourth-order valence-corrected chi connectivity index (χ4v) is 4.21. The number of amides is 1. The van der Waals surface area contributed by atoms with E-state index in [1.165, 1.54) is 37.5 Å². The molecule has 0 spiro atoms. The summed E-state index contributed by atoms with van der Waals surface area (Å²) < 4.78 is 16.2. The number of nitrogens with zero attached hydrogens (tertiary/aromatic N) is 1. The van der Waals surface area contributed by atoms with Crippen LogP contribution in [0.1, 0.15) is 28.5 Å². The van der Waals surface area contributed by atoms with Crippen LogP contribution in [-0.4, -0.2) is 31.0 Å². The number of anilines is 1. The normalized spacial score (nSPS) is 17.5. The molecule has 170 valence electrons. The second kappa shape index (κ2) is 8.67. The molecule has 8 heteroatoms. The summed E-state index contributed by atoms with van der Waals surface area (Å²) in [6.45, 7) is 3.79. The van der Waals surface area contributed by atoms with E-state index in [1.807, 2.05) is 26.0 Å². The molecule has 7 nitrogen and oxygen atoms in total. The molecule has 1 aliphatic rings. The highest BCUT2D eigenvalue weighted by Gasteiger charge is 2.49. The summed E-state index contributed by atoms with van der Waals surface area (Å²) in [5.74, 6) is -1.21. The smallest absolute Gasteiger partial charge is 0.300 e. The number of hydrogen-bond acceptors (Lipinski definition) is 6. The molecule has 0 bridgehead atoms. The predicted molar refractivity (Wildman–Crippen MR) is 124 cm³/mol. The van der Waals surface area contributed by atoms with Crippen molar-refractivity contribution in [1.29, 1.82) is 0 Å². The number of halogens is 1. The maximum Gasteiger partial charge on any atom is 0.300 e. The quantitative estimate of drug-likeness (QED) is 0.315. The third-order valence-corrected chi connectivity index (χ3v) is 6.12. The van der Waals surface area contributed by atoms with Crippen LogP contribution in [0.4, 0.5) is 5.69 Å². The molecule has 2 heterocycles.